The Bertz CT molecular complexity index is 595. The summed E-state index contributed by atoms with van der Waals surface area (Å²) in [5.74, 6) is 0. The van der Waals surface area contributed by atoms with Crippen molar-refractivity contribution in [1.29, 1.82) is 0 Å². The normalized spacial score (nSPS) is 10.5. The summed E-state index contributed by atoms with van der Waals surface area (Å²) in [5, 5.41) is 3.88. The second-order valence-electron chi connectivity index (χ2n) is 3.32. The molecule has 1 heterocycles. The Hall–Kier alpha value is -1.39. The molecule has 1 aromatic carbocycles. The fraction of sp³-hybridized carbons (Fsp3) is 0.0909. The lowest BCUT2D eigenvalue weighted by Crippen LogP contribution is -2.21. The van der Waals surface area contributed by atoms with Crippen LogP contribution in [-0.2, 0) is 6.67 Å². The maximum Gasteiger partial charge on any atom is 0.291 e. The van der Waals surface area contributed by atoms with Gasteiger partial charge in [0.25, 0.3) is 5.56 Å². The van der Waals surface area contributed by atoms with E-state index in [9.17, 15) is 9.18 Å². The van der Waals surface area contributed by atoms with Gasteiger partial charge in [-0.1, -0.05) is 35.3 Å². The first kappa shape index (κ1) is 12.1. The quantitative estimate of drug-likeness (QED) is 0.843. The molecule has 17 heavy (non-hydrogen) atoms. The number of benzene rings is 1. The summed E-state index contributed by atoms with van der Waals surface area (Å²) >= 11 is 11.4. The number of nitrogens with zero attached hydrogens (tertiary/aromatic N) is 2. The molecule has 0 radical (unpaired) electrons. The van der Waals surface area contributed by atoms with Gasteiger partial charge in [0.05, 0.1) is 16.9 Å². The lowest BCUT2D eigenvalue weighted by molar-refractivity contribution is 0.485. The first-order valence-electron chi connectivity index (χ1n) is 4.72. The summed E-state index contributed by atoms with van der Waals surface area (Å²) in [5.41, 5.74) is 0.528. The molecule has 0 atom stereocenters. The highest BCUT2D eigenvalue weighted by atomic mass is 35.5. The molecule has 0 unspecified atom stereocenters. The molecular formula is C11H7Cl2FN2O. The number of hydrogen-bond acceptors (Lipinski definition) is 2. The Balaban J connectivity index is 2.53. The first-order valence-corrected chi connectivity index (χ1v) is 5.47. The van der Waals surface area contributed by atoms with Gasteiger partial charge in [0.1, 0.15) is 11.7 Å². The number of rotatable bonds is 2. The zero-order valence-electron chi connectivity index (χ0n) is 8.53. The molecule has 0 saturated heterocycles. The summed E-state index contributed by atoms with van der Waals surface area (Å²) in [6.45, 7) is -0.552. The van der Waals surface area contributed by atoms with Crippen LogP contribution in [0.2, 0.25) is 10.0 Å². The van der Waals surface area contributed by atoms with E-state index in [1.807, 2.05) is 0 Å². The van der Waals surface area contributed by atoms with Crippen molar-refractivity contribution >= 4 is 23.2 Å². The van der Waals surface area contributed by atoms with E-state index in [1.54, 1.807) is 24.3 Å². The van der Waals surface area contributed by atoms with Gasteiger partial charge in [-0.15, -0.1) is 0 Å². The van der Waals surface area contributed by atoms with E-state index < -0.39 is 12.2 Å². The molecule has 0 fully saturated rings. The van der Waals surface area contributed by atoms with Gasteiger partial charge in [-0.05, 0) is 17.7 Å². The van der Waals surface area contributed by atoms with Crippen LogP contribution in [0, 0.1) is 0 Å². The number of aromatic nitrogens is 2. The van der Waals surface area contributed by atoms with Crippen LogP contribution in [0.5, 0.6) is 0 Å². The minimum atomic E-state index is -0.552. The highest BCUT2D eigenvalue weighted by Crippen LogP contribution is 2.16. The van der Waals surface area contributed by atoms with Crippen molar-refractivity contribution in [1.82, 2.24) is 9.78 Å². The molecule has 2 rings (SSSR count). The Morgan fingerprint density at radius 1 is 1.24 bits per heavy atom. The molecule has 0 N–H and O–H groups in total. The maximum absolute atomic E-state index is 12.3. The highest BCUT2D eigenvalue weighted by Gasteiger charge is 2.08. The summed E-state index contributed by atoms with van der Waals surface area (Å²) in [6, 6.07) is 6.33. The Labute approximate surface area is 106 Å². The van der Waals surface area contributed by atoms with E-state index in [4.69, 9.17) is 23.2 Å². The molecule has 88 valence electrons. The second-order valence-corrected chi connectivity index (χ2v) is 4.11. The average molecular weight is 273 g/mol. The third-order valence-corrected chi connectivity index (χ3v) is 2.96. The molecule has 6 heteroatoms. The van der Waals surface area contributed by atoms with Crippen molar-refractivity contribution < 1.29 is 4.39 Å². The van der Waals surface area contributed by atoms with Crippen molar-refractivity contribution in [2.75, 3.05) is 0 Å². The molecule has 0 aliphatic rings. The van der Waals surface area contributed by atoms with E-state index in [2.05, 4.69) is 5.10 Å². The van der Waals surface area contributed by atoms with E-state index in [0.717, 1.165) is 4.68 Å². The van der Waals surface area contributed by atoms with Crippen LogP contribution >= 0.6 is 23.2 Å². The third kappa shape index (κ3) is 2.33. The minimum Gasteiger partial charge on any atom is -0.266 e. The molecule has 0 spiro atoms. The molecule has 0 saturated carbocycles. The number of halogens is 3. The first-order chi connectivity index (χ1) is 8.13. The highest BCUT2D eigenvalue weighted by molar-refractivity contribution is 6.41. The van der Waals surface area contributed by atoms with Gasteiger partial charge in [-0.2, -0.15) is 9.78 Å². The van der Waals surface area contributed by atoms with Crippen LogP contribution in [0.4, 0.5) is 4.39 Å². The van der Waals surface area contributed by atoms with Crippen molar-refractivity contribution in [3.05, 3.63) is 56.4 Å². The van der Waals surface area contributed by atoms with Gasteiger partial charge < -0.3 is 0 Å². The maximum atomic E-state index is 12.3. The van der Waals surface area contributed by atoms with Gasteiger partial charge in [-0.25, -0.2) is 4.39 Å². The zero-order valence-corrected chi connectivity index (χ0v) is 10.0. The van der Waals surface area contributed by atoms with E-state index in [0.29, 0.717) is 11.3 Å². The van der Waals surface area contributed by atoms with Crippen LogP contribution in [-0.4, -0.2) is 9.78 Å². The van der Waals surface area contributed by atoms with Gasteiger partial charge in [0, 0.05) is 0 Å². The largest absolute Gasteiger partial charge is 0.291 e. The molecule has 0 bridgehead atoms. The summed E-state index contributed by atoms with van der Waals surface area (Å²) in [7, 11) is 0. The van der Waals surface area contributed by atoms with Crippen molar-refractivity contribution in [3.8, 4) is 5.69 Å². The smallest absolute Gasteiger partial charge is 0.266 e. The van der Waals surface area contributed by atoms with Crippen LogP contribution < -0.4 is 5.56 Å². The Morgan fingerprint density at radius 3 is 2.47 bits per heavy atom. The van der Waals surface area contributed by atoms with E-state index in [-0.39, 0.29) is 10.0 Å². The van der Waals surface area contributed by atoms with Crippen LogP contribution in [0.1, 0.15) is 5.56 Å². The minimum absolute atomic E-state index is 0.0868. The Kier molecular flexibility index (Phi) is 3.45. The van der Waals surface area contributed by atoms with Crippen LogP contribution in [0.25, 0.3) is 5.69 Å². The van der Waals surface area contributed by atoms with Gasteiger partial charge in [-0.3, -0.25) is 4.79 Å². The van der Waals surface area contributed by atoms with Crippen LogP contribution in [0.3, 0.4) is 0 Å². The SMILES string of the molecule is O=c1c(Cl)c(Cl)cnn1-c1ccc(CF)cc1. The van der Waals surface area contributed by atoms with Crippen molar-refractivity contribution in [2.45, 2.75) is 6.67 Å². The Morgan fingerprint density at radius 2 is 1.88 bits per heavy atom. The molecule has 1 aromatic heterocycles. The summed E-state index contributed by atoms with van der Waals surface area (Å²) < 4.78 is 13.4. The fourth-order valence-electron chi connectivity index (χ4n) is 1.32. The lowest BCUT2D eigenvalue weighted by atomic mass is 10.2. The van der Waals surface area contributed by atoms with Gasteiger partial charge >= 0.3 is 0 Å². The lowest BCUT2D eigenvalue weighted by Gasteiger charge is -2.05. The fourth-order valence-corrected chi connectivity index (χ4v) is 1.58. The predicted octanol–water partition coefficient (Wildman–Crippen LogP) is 3.01. The van der Waals surface area contributed by atoms with E-state index >= 15 is 0 Å². The topological polar surface area (TPSA) is 34.9 Å². The van der Waals surface area contributed by atoms with Gasteiger partial charge in [0.15, 0.2) is 0 Å². The summed E-state index contributed by atoms with van der Waals surface area (Å²) in [6.07, 6.45) is 1.29. The molecule has 3 nitrogen and oxygen atoms in total. The zero-order chi connectivity index (χ0) is 12.4. The number of alkyl halides is 1. The van der Waals surface area contributed by atoms with Crippen LogP contribution in [0.15, 0.2) is 35.3 Å². The average Bonchev–Trinajstić information content (AvgIpc) is 2.36. The third-order valence-electron chi connectivity index (χ3n) is 2.21. The molecule has 2 aromatic rings. The standard InChI is InChI=1S/C11H7Cl2FN2O/c12-9-6-15-16(11(17)10(9)13)8-3-1-7(5-14)2-4-8/h1-4,6H,5H2. The van der Waals surface area contributed by atoms with Crippen molar-refractivity contribution in [2.24, 2.45) is 0 Å². The van der Waals surface area contributed by atoms with E-state index in [1.165, 1.54) is 6.20 Å². The predicted molar refractivity (Wildman–Crippen MR) is 64.7 cm³/mol. The second kappa shape index (κ2) is 4.85. The molecule has 0 amide bonds. The van der Waals surface area contributed by atoms with Gasteiger partial charge in [0.2, 0.25) is 0 Å². The molecular weight excluding hydrogens is 266 g/mol. The molecule has 0 aliphatic heterocycles. The monoisotopic (exact) mass is 272 g/mol. The molecule has 0 aliphatic carbocycles. The number of hydrogen-bond donors (Lipinski definition) is 0. The summed E-state index contributed by atoms with van der Waals surface area (Å²) in [4.78, 5) is 11.8. The van der Waals surface area contributed by atoms with Crippen molar-refractivity contribution in [3.63, 3.8) is 0 Å².